The number of hydrogen-bond acceptors (Lipinski definition) is 5. The molecule has 18 heavy (non-hydrogen) atoms. The van der Waals surface area contributed by atoms with Gasteiger partial charge in [-0.05, 0) is 18.2 Å². The highest BCUT2D eigenvalue weighted by Gasteiger charge is 2.14. The minimum Gasteiger partial charge on any atom is -0.360 e. The summed E-state index contributed by atoms with van der Waals surface area (Å²) in [6.45, 7) is 1.03. The average Bonchev–Trinajstić information content (AvgIpc) is 2.79. The Labute approximate surface area is 127 Å². The number of halogens is 1. The maximum atomic E-state index is 4.62. The first-order valence-electron chi connectivity index (χ1n) is 5.80. The highest BCUT2D eigenvalue weighted by Crippen LogP contribution is 2.29. The summed E-state index contributed by atoms with van der Waals surface area (Å²) in [6.07, 6.45) is 0. The number of hydrogen-bond donors (Lipinski definition) is 1. The highest BCUT2D eigenvalue weighted by molar-refractivity contribution is 9.10. The van der Waals surface area contributed by atoms with Gasteiger partial charge in [-0.3, -0.25) is 0 Å². The first-order chi connectivity index (χ1) is 8.81. The second-order valence-corrected chi connectivity index (χ2v) is 8.58. The van der Waals surface area contributed by atoms with Crippen LogP contribution in [0.1, 0.15) is 0 Å². The van der Waals surface area contributed by atoms with Gasteiger partial charge in [-0.25, -0.2) is 4.98 Å². The van der Waals surface area contributed by atoms with E-state index in [1.807, 2.05) is 0 Å². The predicted octanol–water partition coefficient (Wildman–Crippen LogP) is 4.32. The molecule has 0 bridgehead atoms. The van der Waals surface area contributed by atoms with Crippen molar-refractivity contribution in [2.45, 2.75) is 5.25 Å². The molecule has 1 atom stereocenters. The standard InChI is InChI=1S/C12H13BrN2S3/c13-8-1-2-11-10(5-8)15-12(18-11)14-6-9-7-16-3-4-17-9/h1-2,5,9H,3-4,6-7H2,(H,14,15). The number of rotatable bonds is 3. The van der Waals surface area contributed by atoms with Gasteiger partial charge >= 0.3 is 0 Å². The Kier molecular flexibility index (Phi) is 4.38. The topological polar surface area (TPSA) is 24.9 Å². The lowest BCUT2D eigenvalue weighted by molar-refractivity contribution is 1.00. The van der Waals surface area contributed by atoms with Crippen LogP contribution in [-0.2, 0) is 0 Å². The van der Waals surface area contributed by atoms with E-state index in [0.717, 1.165) is 26.9 Å². The lowest BCUT2D eigenvalue weighted by Gasteiger charge is -2.20. The zero-order valence-corrected chi connectivity index (χ0v) is 13.7. The third-order valence-corrected chi connectivity index (χ3v) is 7.05. The Balaban J connectivity index is 1.67. The molecule has 1 N–H and O–H groups in total. The summed E-state index contributed by atoms with van der Waals surface area (Å²) < 4.78 is 2.33. The van der Waals surface area contributed by atoms with Gasteiger partial charge in [0.15, 0.2) is 5.13 Å². The highest BCUT2D eigenvalue weighted by atomic mass is 79.9. The number of nitrogens with zero attached hydrogens (tertiary/aromatic N) is 1. The van der Waals surface area contributed by atoms with Crippen molar-refractivity contribution in [3.8, 4) is 0 Å². The van der Waals surface area contributed by atoms with Gasteiger partial charge in [0, 0.05) is 33.5 Å². The van der Waals surface area contributed by atoms with E-state index >= 15 is 0 Å². The predicted molar refractivity (Wildman–Crippen MR) is 89.4 cm³/mol. The summed E-state index contributed by atoms with van der Waals surface area (Å²) >= 11 is 9.36. The number of fused-ring (bicyclic) bond motifs is 1. The molecule has 1 unspecified atom stereocenters. The van der Waals surface area contributed by atoms with E-state index in [-0.39, 0.29) is 0 Å². The molecule has 0 aliphatic carbocycles. The summed E-state index contributed by atoms with van der Waals surface area (Å²) in [5, 5.41) is 5.25. The molecule has 0 radical (unpaired) electrons. The van der Waals surface area contributed by atoms with Crippen LogP contribution in [0.25, 0.3) is 10.2 Å². The minimum atomic E-state index is 0.725. The van der Waals surface area contributed by atoms with E-state index in [4.69, 9.17) is 0 Å². The van der Waals surface area contributed by atoms with Crippen LogP contribution in [0.15, 0.2) is 22.7 Å². The smallest absolute Gasteiger partial charge is 0.183 e. The molecule has 0 amide bonds. The van der Waals surface area contributed by atoms with E-state index in [1.165, 1.54) is 22.0 Å². The monoisotopic (exact) mass is 360 g/mol. The van der Waals surface area contributed by atoms with E-state index < -0.39 is 0 Å². The van der Waals surface area contributed by atoms with Gasteiger partial charge in [0.05, 0.1) is 10.2 Å². The number of anilines is 1. The fourth-order valence-corrected chi connectivity index (χ4v) is 5.65. The lowest BCUT2D eigenvalue weighted by Crippen LogP contribution is -2.23. The van der Waals surface area contributed by atoms with Crippen molar-refractivity contribution < 1.29 is 0 Å². The zero-order valence-electron chi connectivity index (χ0n) is 9.69. The largest absolute Gasteiger partial charge is 0.360 e. The van der Waals surface area contributed by atoms with E-state index in [9.17, 15) is 0 Å². The Hall–Kier alpha value is 0.0900. The van der Waals surface area contributed by atoms with Crippen molar-refractivity contribution in [1.29, 1.82) is 0 Å². The number of aromatic nitrogens is 1. The van der Waals surface area contributed by atoms with Crippen LogP contribution < -0.4 is 5.32 Å². The van der Waals surface area contributed by atoms with Gasteiger partial charge in [-0.2, -0.15) is 23.5 Å². The molecule has 1 aromatic heterocycles. The maximum absolute atomic E-state index is 4.62. The Morgan fingerprint density at radius 1 is 1.39 bits per heavy atom. The van der Waals surface area contributed by atoms with E-state index in [0.29, 0.717) is 0 Å². The molecule has 2 heterocycles. The first kappa shape index (κ1) is 13.1. The third kappa shape index (κ3) is 3.15. The second kappa shape index (κ2) is 6.03. The van der Waals surface area contributed by atoms with Crippen molar-refractivity contribution in [3.63, 3.8) is 0 Å². The van der Waals surface area contributed by atoms with E-state index in [2.05, 4.69) is 68.0 Å². The van der Waals surface area contributed by atoms with Crippen molar-refractivity contribution in [2.24, 2.45) is 0 Å². The van der Waals surface area contributed by atoms with Gasteiger partial charge < -0.3 is 5.32 Å². The van der Waals surface area contributed by atoms with Crippen LogP contribution in [0.4, 0.5) is 5.13 Å². The molecule has 1 aliphatic rings. The summed E-state index contributed by atoms with van der Waals surface area (Å²) in [7, 11) is 0. The summed E-state index contributed by atoms with van der Waals surface area (Å²) in [4.78, 5) is 4.62. The average molecular weight is 361 g/mol. The Morgan fingerprint density at radius 3 is 3.17 bits per heavy atom. The zero-order chi connectivity index (χ0) is 12.4. The van der Waals surface area contributed by atoms with Crippen LogP contribution in [0.3, 0.4) is 0 Å². The van der Waals surface area contributed by atoms with Crippen LogP contribution in [0.2, 0.25) is 0 Å². The second-order valence-electron chi connectivity index (χ2n) is 4.08. The SMILES string of the molecule is Brc1ccc2sc(NCC3CSCCS3)nc2c1. The Bertz CT molecular complexity index is 537. The molecule has 1 aliphatic heterocycles. The van der Waals surface area contributed by atoms with Gasteiger partial charge in [-0.15, -0.1) is 0 Å². The van der Waals surface area contributed by atoms with Gasteiger partial charge in [0.25, 0.3) is 0 Å². The van der Waals surface area contributed by atoms with Gasteiger partial charge in [-0.1, -0.05) is 27.3 Å². The van der Waals surface area contributed by atoms with Crippen molar-refractivity contribution in [3.05, 3.63) is 22.7 Å². The number of benzene rings is 1. The van der Waals surface area contributed by atoms with Gasteiger partial charge in [0.1, 0.15) is 0 Å². The van der Waals surface area contributed by atoms with Gasteiger partial charge in [0.2, 0.25) is 0 Å². The molecule has 1 fully saturated rings. The summed E-state index contributed by atoms with van der Waals surface area (Å²) in [5.74, 6) is 3.84. The quantitative estimate of drug-likeness (QED) is 0.880. The number of thiazole rings is 1. The summed E-state index contributed by atoms with van der Waals surface area (Å²) in [6, 6.07) is 6.26. The van der Waals surface area contributed by atoms with Crippen LogP contribution in [0, 0.1) is 0 Å². The molecule has 2 nitrogen and oxygen atoms in total. The van der Waals surface area contributed by atoms with Crippen LogP contribution in [0.5, 0.6) is 0 Å². The molecule has 0 saturated carbocycles. The molecular formula is C12H13BrN2S3. The molecule has 6 heteroatoms. The molecule has 0 spiro atoms. The fourth-order valence-electron chi connectivity index (χ4n) is 1.83. The normalized spacial score (nSPS) is 20.2. The van der Waals surface area contributed by atoms with Crippen molar-refractivity contribution in [2.75, 3.05) is 29.1 Å². The molecule has 1 saturated heterocycles. The first-order valence-corrected chi connectivity index (χ1v) is 9.62. The number of thioether (sulfide) groups is 2. The summed E-state index contributed by atoms with van der Waals surface area (Å²) in [5.41, 5.74) is 1.07. The molecule has 96 valence electrons. The lowest BCUT2D eigenvalue weighted by atomic mass is 10.3. The fraction of sp³-hybridized carbons (Fsp3) is 0.417. The Morgan fingerprint density at radius 2 is 2.33 bits per heavy atom. The van der Waals surface area contributed by atoms with E-state index in [1.54, 1.807) is 11.3 Å². The number of nitrogens with one attached hydrogen (secondary N) is 1. The van der Waals surface area contributed by atoms with Crippen LogP contribution in [-0.4, -0.2) is 34.0 Å². The molecule has 3 rings (SSSR count). The van der Waals surface area contributed by atoms with Crippen molar-refractivity contribution in [1.82, 2.24) is 4.98 Å². The molecular weight excluding hydrogens is 348 g/mol. The minimum absolute atomic E-state index is 0.725. The van der Waals surface area contributed by atoms with Crippen molar-refractivity contribution >= 4 is 66.1 Å². The third-order valence-electron chi connectivity index (χ3n) is 2.72. The maximum Gasteiger partial charge on any atom is 0.183 e. The van der Waals surface area contributed by atoms with Crippen LogP contribution >= 0.6 is 50.8 Å². The molecule has 1 aromatic carbocycles. The molecule has 2 aromatic rings.